The Morgan fingerprint density at radius 2 is 2.00 bits per heavy atom. The quantitative estimate of drug-likeness (QED) is 0.488. The third kappa shape index (κ3) is 4.57. The molecule has 0 aliphatic rings. The van der Waals surface area contributed by atoms with Crippen molar-refractivity contribution in [3.63, 3.8) is 0 Å². The van der Waals surface area contributed by atoms with Crippen LogP contribution in [0, 0.1) is 9.39 Å². The minimum absolute atomic E-state index is 0.180. The lowest BCUT2D eigenvalue weighted by atomic mass is 10.2. The van der Waals surface area contributed by atoms with Gasteiger partial charge in [-0.15, -0.1) is 0 Å². The number of benzene rings is 1. The van der Waals surface area contributed by atoms with Crippen LogP contribution in [0.5, 0.6) is 0 Å². The Morgan fingerprint density at radius 3 is 2.53 bits per heavy atom. The fourth-order valence-electron chi connectivity index (χ4n) is 1.35. The van der Waals surface area contributed by atoms with E-state index in [0.29, 0.717) is 3.57 Å². The summed E-state index contributed by atoms with van der Waals surface area (Å²) >= 11 is 1.76. The summed E-state index contributed by atoms with van der Waals surface area (Å²) in [6.45, 7) is 1.36. The molecule has 0 bridgehead atoms. The molecule has 17 heavy (non-hydrogen) atoms. The van der Waals surface area contributed by atoms with Gasteiger partial charge in [-0.2, -0.15) is 13.2 Å². The van der Waals surface area contributed by atoms with Gasteiger partial charge in [-0.3, -0.25) is 0 Å². The average Bonchev–Trinajstić information content (AvgIpc) is 2.11. The van der Waals surface area contributed by atoms with E-state index in [1.165, 1.54) is 13.0 Å². The van der Waals surface area contributed by atoms with Gasteiger partial charge in [0.05, 0.1) is 21.4 Å². The SMILES string of the molecule is CC(CC(F)(F)F)Nc1cc(F)c(I)cc1N. The molecule has 1 unspecified atom stereocenters. The van der Waals surface area contributed by atoms with Crippen LogP contribution in [0.3, 0.4) is 0 Å². The first-order chi connectivity index (χ1) is 7.69. The highest BCUT2D eigenvalue weighted by Crippen LogP contribution is 2.27. The molecule has 1 aromatic rings. The minimum Gasteiger partial charge on any atom is -0.397 e. The fourth-order valence-corrected chi connectivity index (χ4v) is 1.84. The normalized spacial score (nSPS) is 13.5. The number of alkyl halides is 3. The lowest BCUT2D eigenvalue weighted by Gasteiger charge is -2.18. The summed E-state index contributed by atoms with van der Waals surface area (Å²) in [5, 5.41) is 2.55. The van der Waals surface area contributed by atoms with Gasteiger partial charge in [0.2, 0.25) is 0 Å². The van der Waals surface area contributed by atoms with E-state index in [0.717, 1.165) is 6.07 Å². The Labute approximate surface area is 110 Å². The third-order valence-electron chi connectivity index (χ3n) is 2.03. The maximum absolute atomic E-state index is 13.2. The first-order valence-electron chi connectivity index (χ1n) is 4.77. The molecular formula is C10H11F4IN2. The summed E-state index contributed by atoms with van der Waals surface area (Å²) in [6, 6.07) is 1.61. The van der Waals surface area contributed by atoms with Crippen LogP contribution < -0.4 is 11.1 Å². The maximum Gasteiger partial charge on any atom is 0.391 e. The highest BCUT2D eigenvalue weighted by atomic mass is 127. The van der Waals surface area contributed by atoms with Crippen molar-refractivity contribution in [2.75, 3.05) is 11.1 Å². The standard InChI is InChI=1S/C10H11F4IN2/c1-5(4-10(12,13)14)17-9-2-6(11)7(15)3-8(9)16/h2-3,5,17H,4,16H2,1H3. The highest BCUT2D eigenvalue weighted by Gasteiger charge is 2.30. The van der Waals surface area contributed by atoms with Gasteiger partial charge in [-0.05, 0) is 35.6 Å². The Bertz CT molecular complexity index is 406. The number of nitrogens with one attached hydrogen (secondary N) is 1. The molecule has 0 spiro atoms. The van der Waals surface area contributed by atoms with Crippen LogP contribution >= 0.6 is 22.6 Å². The second-order valence-electron chi connectivity index (χ2n) is 3.72. The van der Waals surface area contributed by atoms with Gasteiger partial charge in [-0.1, -0.05) is 0 Å². The van der Waals surface area contributed by atoms with Crippen molar-refractivity contribution in [3.8, 4) is 0 Å². The summed E-state index contributed by atoms with van der Waals surface area (Å²) < 4.78 is 49.9. The Hall–Kier alpha value is -0.730. The number of nitrogens with two attached hydrogens (primary N) is 1. The smallest absolute Gasteiger partial charge is 0.391 e. The van der Waals surface area contributed by atoms with Crippen molar-refractivity contribution in [3.05, 3.63) is 21.5 Å². The van der Waals surface area contributed by atoms with Crippen molar-refractivity contribution < 1.29 is 17.6 Å². The number of nitrogen functional groups attached to an aromatic ring is 1. The molecule has 7 heteroatoms. The van der Waals surface area contributed by atoms with Crippen LogP contribution in [0.1, 0.15) is 13.3 Å². The third-order valence-corrected chi connectivity index (χ3v) is 2.86. The first kappa shape index (κ1) is 14.3. The summed E-state index contributed by atoms with van der Waals surface area (Å²) in [4.78, 5) is 0. The van der Waals surface area contributed by atoms with Crippen LogP contribution in [-0.2, 0) is 0 Å². The van der Waals surface area contributed by atoms with E-state index in [2.05, 4.69) is 5.32 Å². The molecule has 1 rings (SSSR count). The molecule has 0 aliphatic carbocycles. The van der Waals surface area contributed by atoms with Gasteiger partial charge in [-0.25, -0.2) is 4.39 Å². The summed E-state index contributed by atoms with van der Waals surface area (Å²) in [5.41, 5.74) is 5.99. The molecule has 0 aromatic heterocycles. The first-order valence-corrected chi connectivity index (χ1v) is 5.84. The van der Waals surface area contributed by atoms with Crippen molar-refractivity contribution in [1.82, 2.24) is 0 Å². The lowest BCUT2D eigenvalue weighted by Crippen LogP contribution is -2.24. The molecule has 0 fully saturated rings. The molecule has 96 valence electrons. The monoisotopic (exact) mass is 362 g/mol. The van der Waals surface area contributed by atoms with Crippen molar-refractivity contribution in [1.29, 1.82) is 0 Å². The number of anilines is 2. The molecule has 0 amide bonds. The molecule has 0 saturated carbocycles. The topological polar surface area (TPSA) is 38.0 Å². The predicted octanol–water partition coefficient (Wildman–Crippen LogP) is 3.77. The van der Waals surface area contributed by atoms with Gasteiger partial charge in [0.1, 0.15) is 5.82 Å². The zero-order valence-electron chi connectivity index (χ0n) is 8.91. The minimum atomic E-state index is -4.26. The van der Waals surface area contributed by atoms with E-state index < -0.39 is 24.5 Å². The summed E-state index contributed by atoms with van der Waals surface area (Å²) in [5.74, 6) is -0.512. The van der Waals surface area contributed by atoms with Crippen molar-refractivity contribution >= 4 is 34.0 Å². The summed E-state index contributed by atoms with van der Waals surface area (Å²) in [6.07, 6.45) is -5.26. The Morgan fingerprint density at radius 1 is 1.41 bits per heavy atom. The second kappa shape index (κ2) is 5.28. The largest absolute Gasteiger partial charge is 0.397 e. The molecule has 0 saturated heterocycles. The van der Waals surface area contributed by atoms with E-state index in [4.69, 9.17) is 5.73 Å². The van der Waals surface area contributed by atoms with Crippen LogP contribution in [0.15, 0.2) is 12.1 Å². The molecule has 1 aromatic carbocycles. The van der Waals surface area contributed by atoms with Gasteiger partial charge in [0, 0.05) is 12.1 Å². The van der Waals surface area contributed by atoms with E-state index in [-0.39, 0.29) is 11.4 Å². The van der Waals surface area contributed by atoms with E-state index in [1.807, 2.05) is 0 Å². The van der Waals surface area contributed by atoms with Crippen LogP contribution in [-0.4, -0.2) is 12.2 Å². The Balaban J connectivity index is 2.78. The zero-order valence-corrected chi connectivity index (χ0v) is 11.1. The Kier molecular flexibility index (Phi) is 4.45. The van der Waals surface area contributed by atoms with Gasteiger partial charge >= 0.3 is 6.18 Å². The van der Waals surface area contributed by atoms with E-state index in [1.54, 1.807) is 22.6 Å². The fraction of sp³-hybridized carbons (Fsp3) is 0.400. The second-order valence-corrected chi connectivity index (χ2v) is 4.88. The molecule has 1 atom stereocenters. The predicted molar refractivity (Wildman–Crippen MR) is 67.3 cm³/mol. The van der Waals surface area contributed by atoms with Crippen LogP contribution in [0.25, 0.3) is 0 Å². The number of halogens is 5. The van der Waals surface area contributed by atoms with Gasteiger partial charge in [0.25, 0.3) is 0 Å². The lowest BCUT2D eigenvalue weighted by molar-refractivity contribution is -0.136. The highest BCUT2D eigenvalue weighted by molar-refractivity contribution is 14.1. The number of hydrogen-bond acceptors (Lipinski definition) is 2. The molecular weight excluding hydrogens is 351 g/mol. The molecule has 0 heterocycles. The molecule has 0 aliphatic heterocycles. The van der Waals surface area contributed by atoms with Gasteiger partial charge < -0.3 is 11.1 Å². The number of hydrogen-bond donors (Lipinski definition) is 2. The van der Waals surface area contributed by atoms with Crippen molar-refractivity contribution in [2.45, 2.75) is 25.6 Å². The zero-order chi connectivity index (χ0) is 13.2. The average molecular weight is 362 g/mol. The molecule has 0 radical (unpaired) electrons. The maximum atomic E-state index is 13.2. The summed E-state index contributed by atoms with van der Waals surface area (Å²) in [7, 11) is 0. The van der Waals surface area contributed by atoms with Crippen LogP contribution in [0.4, 0.5) is 28.9 Å². The van der Waals surface area contributed by atoms with Crippen LogP contribution in [0.2, 0.25) is 0 Å². The number of rotatable bonds is 3. The van der Waals surface area contributed by atoms with Crippen molar-refractivity contribution in [2.24, 2.45) is 0 Å². The van der Waals surface area contributed by atoms with E-state index in [9.17, 15) is 17.6 Å². The van der Waals surface area contributed by atoms with Gasteiger partial charge in [0.15, 0.2) is 0 Å². The van der Waals surface area contributed by atoms with E-state index >= 15 is 0 Å². The molecule has 2 nitrogen and oxygen atoms in total. The molecule has 3 N–H and O–H groups in total.